The molecule has 3 aliphatic rings. The van der Waals surface area contributed by atoms with Gasteiger partial charge in [0.1, 0.15) is 5.82 Å². The molecule has 2 aromatic rings. The fraction of sp³-hybridized carbons (Fsp3) is 0.556. The first-order valence-electron chi connectivity index (χ1n) is 12.6. The highest BCUT2D eigenvalue weighted by atomic mass is 16.2. The van der Waals surface area contributed by atoms with Crippen LogP contribution in [0.4, 0.5) is 5.82 Å². The average molecular weight is 447 g/mol. The number of hydrogen-bond acceptors (Lipinski definition) is 4. The molecule has 1 atom stereocenters. The van der Waals surface area contributed by atoms with E-state index in [0.29, 0.717) is 37.5 Å². The third-order valence-corrected chi connectivity index (χ3v) is 7.63. The second kappa shape index (κ2) is 9.62. The van der Waals surface area contributed by atoms with Gasteiger partial charge in [-0.1, -0.05) is 43.2 Å². The number of likely N-dealkylation sites (tertiary alicyclic amines) is 1. The molecule has 2 amide bonds. The number of rotatable bonds is 6. The molecule has 2 aliphatic heterocycles. The van der Waals surface area contributed by atoms with Gasteiger partial charge in [0.15, 0.2) is 5.82 Å². The van der Waals surface area contributed by atoms with Gasteiger partial charge >= 0.3 is 0 Å². The molecule has 2 fully saturated rings. The summed E-state index contributed by atoms with van der Waals surface area (Å²) in [6.45, 7) is 3.42. The Morgan fingerprint density at radius 2 is 1.82 bits per heavy atom. The number of carbonyl (C=O) groups excluding carboxylic acids is 2. The summed E-state index contributed by atoms with van der Waals surface area (Å²) < 4.78 is 0. The lowest BCUT2D eigenvalue weighted by Crippen LogP contribution is -2.39. The van der Waals surface area contributed by atoms with Crippen LogP contribution in [0.3, 0.4) is 0 Å². The summed E-state index contributed by atoms with van der Waals surface area (Å²) in [5.41, 5.74) is 3.23. The zero-order chi connectivity index (χ0) is 22.8. The molecule has 1 saturated heterocycles. The van der Waals surface area contributed by atoms with Crippen LogP contribution >= 0.6 is 0 Å². The van der Waals surface area contributed by atoms with Crippen LogP contribution in [0, 0.1) is 12.8 Å². The molecule has 174 valence electrons. The third kappa shape index (κ3) is 4.66. The lowest BCUT2D eigenvalue weighted by molar-refractivity contribution is -0.133. The Morgan fingerprint density at radius 3 is 2.61 bits per heavy atom. The minimum atomic E-state index is -0.0732. The summed E-state index contributed by atoms with van der Waals surface area (Å²) >= 11 is 0. The van der Waals surface area contributed by atoms with Crippen LogP contribution < -0.4 is 4.90 Å². The summed E-state index contributed by atoms with van der Waals surface area (Å²) in [6.07, 6.45) is 9.38. The van der Waals surface area contributed by atoms with Gasteiger partial charge < -0.3 is 4.90 Å². The fourth-order valence-electron chi connectivity index (χ4n) is 5.78. The first-order valence-corrected chi connectivity index (χ1v) is 12.6. The van der Waals surface area contributed by atoms with E-state index >= 15 is 0 Å². The Kier molecular flexibility index (Phi) is 6.43. The lowest BCUT2D eigenvalue weighted by Gasteiger charge is -2.31. The number of nitrogens with zero attached hydrogens (tertiary/aromatic N) is 4. The molecule has 5 rings (SSSR count). The fourth-order valence-corrected chi connectivity index (χ4v) is 5.78. The molecule has 3 heterocycles. The lowest BCUT2D eigenvalue weighted by atomic mass is 10.0. The summed E-state index contributed by atoms with van der Waals surface area (Å²) in [7, 11) is 0. The van der Waals surface area contributed by atoms with Crippen LogP contribution in [-0.2, 0) is 22.4 Å². The van der Waals surface area contributed by atoms with Crippen molar-refractivity contribution >= 4 is 17.6 Å². The number of hydrogen-bond donors (Lipinski definition) is 0. The van der Waals surface area contributed by atoms with Gasteiger partial charge in [-0.3, -0.25) is 14.5 Å². The van der Waals surface area contributed by atoms with Crippen LogP contribution in [-0.4, -0.2) is 39.8 Å². The zero-order valence-electron chi connectivity index (χ0n) is 19.6. The van der Waals surface area contributed by atoms with E-state index in [1.54, 1.807) is 0 Å². The Labute approximate surface area is 196 Å². The zero-order valence-corrected chi connectivity index (χ0v) is 19.6. The van der Waals surface area contributed by atoms with E-state index < -0.39 is 0 Å². The standard InChI is InChI=1S/C27H34N4O2/c1-19-22-13-14-24(32)31(17-15-20-8-3-2-4-9-20)27(22)29-26(28-19)23-12-7-16-30(23)25(33)18-21-10-5-6-11-21/h2-4,8-9,21,23H,5-7,10-18H2,1H3. The number of anilines is 1. The molecule has 1 aliphatic carbocycles. The van der Waals surface area contributed by atoms with Crippen molar-refractivity contribution in [2.45, 2.75) is 77.2 Å². The molecule has 0 N–H and O–H groups in total. The molecular formula is C27H34N4O2. The molecule has 6 nitrogen and oxygen atoms in total. The number of aromatic nitrogens is 2. The largest absolute Gasteiger partial charge is 0.332 e. The molecule has 1 saturated carbocycles. The second-order valence-electron chi connectivity index (χ2n) is 9.85. The highest BCUT2D eigenvalue weighted by Gasteiger charge is 2.35. The van der Waals surface area contributed by atoms with Gasteiger partial charge in [0.25, 0.3) is 0 Å². The molecule has 0 spiro atoms. The van der Waals surface area contributed by atoms with Gasteiger partial charge in [-0.05, 0) is 56.9 Å². The normalized spacial score (nSPS) is 21.0. The van der Waals surface area contributed by atoms with Crippen molar-refractivity contribution in [1.82, 2.24) is 14.9 Å². The molecule has 1 unspecified atom stereocenters. The van der Waals surface area contributed by atoms with Gasteiger partial charge in [-0.25, -0.2) is 9.97 Å². The van der Waals surface area contributed by atoms with Crippen LogP contribution in [0.5, 0.6) is 0 Å². The summed E-state index contributed by atoms with van der Waals surface area (Å²) in [5, 5.41) is 0. The molecule has 1 aromatic carbocycles. The molecule has 6 heteroatoms. The van der Waals surface area contributed by atoms with Gasteiger partial charge in [0, 0.05) is 37.2 Å². The highest BCUT2D eigenvalue weighted by Crippen LogP contribution is 2.36. The maximum absolute atomic E-state index is 13.1. The Hall–Kier alpha value is -2.76. The Morgan fingerprint density at radius 1 is 1.03 bits per heavy atom. The SMILES string of the molecule is Cc1nc(C2CCCN2C(=O)CC2CCCC2)nc2c1CCC(=O)N2CCc1ccccc1. The maximum atomic E-state index is 13.1. The van der Waals surface area contributed by atoms with Crippen molar-refractivity contribution in [3.05, 3.63) is 53.0 Å². The van der Waals surface area contributed by atoms with Crippen molar-refractivity contribution in [2.75, 3.05) is 18.0 Å². The maximum Gasteiger partial charge on any atom is 0.228 e. The summed E-state index contributed by atoms with van der Waals surface area (Å²) in [6, 6.07) is 10.2. The van der Waals surface area contributed by atoms with Crippen molar-refractivity contribution in [3.63, 3.8) is 0 Å². The minimum absolute atomic E-state index is 0.0732. The van der Waals surface area contributed by atoms with E-state index in [1.165, 1.54) is 31.2 Å². The molecule has 1 aromatic heterocycles. The topological polar surface area (TPSA) is 66.4 Å². The van der Waals surface area contributed by atoms with Gasteiger partial charge in [0.05, 0.1) is 6.04 Å². The molecular weight excluding hydrogens is 412 g/mol. The van der Waals surface area contributed by atoms with E-state index in [4.69, 9.17) is 9.97 Å². The molecule has 0 radical (unpaired) electrons. The number of amides is 2. The minimum Gasteiger partial charge on any atom is -0.332 e. The van der Waals surface area contributed by atoms with Crippen molar-refractivity contribution in [3.8, 4) is 0 Å². The number of aryl methyl sites for hydroxylation is 1. The number of fused-ring (bicyclic) bond motifs is 1. The van der Waals surface area contributed by atoms with Gasteiger partial charge in [-0.15, -0.1) is 0 Å². The number of carbonyl (C=O) groups is 2. The molecule has 0 bridgehead atoms. The van der Waals surface area contributed by atoms with E-state index in [-0.39, 0.29) is 17.9 Å². The van der Waals surface area contributed by atoms with Crippen molar-refractivity contribution in [2.24, 2.45) is 5.92 Å². The number of benzene rings is 1. The second-order valence-corrected chi connectivity index (χ2v) is 9.85. The predicted octanol–water partition coefficient (Wildman–Crippen LogP) is 4.55. The van der Waals surface area contributed by atoms with E-state index in [2.05, 4.69) is 12.1 Å². The molecule has 33 heavy (non-hydrogen) atoms. The van der Waals surface area contributed by atoms with Crippen molar-refractivity contribution in [1.29, 1.82) is 0 Å². The Bertz CT molecular complexity index is 1020. The predicted molar refractivity (Wildman–Crippen MR) is 128 cm³/mol. The third-order valence-electron chi connectivity index (χ3n) is 7.63. The highest BCUT2D eigenvalue weighted by molar-refractivity contribution is 5.95. The van der Waals surface area contributed by atoms with Gasteiger partial charge in [-0.2, -0.15) is 0 Å². The van der Waals surface area contributed by atoms with Gasteiger partial charge in [0.2, 0.25) is 11.8 Å². The van der Waals surface area contributed by atoms with Crippen LogP contribution in [0.1, 0.15) is 80.1 Å². The van der Waals surface area contributed by atoms with Crippen LogP contribution in [0.15, 0.2) is 30.3 Å². The van der Waals surface area contributed by atoms with Crippen LogP contribution in [0.25, 0.3) is 0 Å². The average Bonchev–Trinajstić information content (AvgIpc) is 3.51. The monoisotopic (exact) mass is 446 g/mol. The van der Waals surface area contributed by atoms with E-state index in [0.717, 1.165) is 42.9 Å². The first kappa shape index (κ1) is 22.1. The quantitative estimate of drug-likeness (QED) is 0.653. The summed E-state index contributed by atoms with van der Waals surface area (Å²) in [4.78, 5) is 39.7. The van der Waals surface area contributed by atoms with E-state index in [9.17, 15) is 9.59 Å². The van der Waals surface area contributed by atoms with E-state index in [1.807, 2.05) is 34.9 Å². The van der Waals surface area contributed by atoms with Crippen LogP contribution in [0.2, 0.25) is 0 Å². The van der Waals surface area contributed by atoms with Crippen molar-refractivity contribution < 1.29 is 9.59 Å². The Balaban J connectivity index is 1.39. The summed E-state index contributed by atoms with van der Waals surface area (Å²) in [5.74, 6) is 2.39. The smallest absolute Gasteiger partial charge is 0.228 e. The first-order chi connectivity index (χ1) is 16.1.